The topological polar surface area (TPSA) is 42.0 Å². The number of amides is 1. The predicted molar refractivity (Wildman–Crippen MR) is 84.7 cm³/mol. The first-order chi connectivity index (χ1) is 9.63. The minimum Gasteiger partial charge on any atom is -0.311 e. The lowest BCUT2D eigenvalue weighted by atomic mass is 10.1. The summed E-state index contributed by atoms with van der Waals surface area (Å²) in [7, 11) is 0. The van der Waals surface area contributed by atoms with Gasteiger partial charge in [-0.3, -0.25) is 4.79 Å². The maximum atomic E-state index is 11.8. The number of carbonyl (C=O) groups excluding carboxylic acids is 1. The lowest BCUT2D eigenvalue weighted by Gasteiger charge is -2.05. The van der Waals surface area contributed by atoms with Crippen LogP contribution >= 0.6 is 15.9 Å². The minimum atomic E-state index is 0.00692. The summed E-state index contributed by atoms with van der Waals surface area (Å²) >= 11 is 3.31. The molecule has 3 nitrogen and oxygen atoms in total. The summed E-state index contributed by atoms with van der Waals surface area (Å²) in [5.74, 6) is 0.598. The molecule has 1 aromatic heterocycles. The number of nitrogens with zero attached hydrogens (tertiary/aromatic N) is 1. The molecule has 1 heterocycles. The standard InChI is InChI=1S/C16H17BrN2O/c1-12-4-2-5-13(10-12)6-3-7-16(20)19-15-9-8-14(17)11-18-15/h2,4-5,8-11H,3,6-7H2,1H3,(H,18,19,20). The number of halogens is 1. The van der Waals surface area contributed by atoms with Gasteiger partial charge in [0.05, 0.1) is 0 Å². The normalized spacial score (nSPS) is 10.3. The molecule has 4 heteroatoms. The van der Waals surface area contributed by atoms with Crippen molar-refractivity contribution in [1.29, 1.82) is 0 Å². The fraction of sp³-hybridized carbons (Fsp3) is 0.250. The zero-order valence-corrected chi connectivity index (χ0v) is 13.0. The molecule has 0 atom stereocenters. The first kappa shape index (κ1) is 14.7. The molecule has 2 rings (SSSR count). The zero-order chi connectivity index (χ0) is 14.4. The Balaban J connectivity index is 1.76. The van der Waals surface area contributed by atoms with Crippen molar-refractivity contribution in [3.05, 3.63) is 58.2 Å². The van der Waals surface area contributed by atoms with E-state index < -0.39 is 0 Å². The van der Waals surface area contributed by atoms with E-state index in [2.05, 4.69) is 57.4 Å². The quantitative estimate of drug-likeness (QED) is 0.894. The van der Waals surface area contributed by atoms with Crippen LogP contribution in [0.2, 0.25) is 0 Å². The van der Waals surface area contributed by atoms with Crippen LogP contribution in [0.3, 0.4) is 0 Å². The molecule has 0 aliphatic heterocycles. The third-order valence-electron chi connectivity index (χ3n) is 2.95. The minimum absolute atomic E-state index is 0.00692. The van der Waals surface area contributed by atoms with Crippen molar-refractivity contribution in [2.45, 2.75) is 26.2 Å². The van der Waals surface area contributed by atoms with Crippen molar-refractivity contribution in [2.24, 2.45) is 0 Å². The predicted octanol–water partition coefficient (Wildman–Crippen LogP) is 4.11. The Hall–Kier alpha value is -1.68. The summed E-state index contributed by atoms with van der Waals surface area (Å²) in [6.45, 7) is 2.08. The molecule has 0 saturated carbocycles. The van der Waals surface area contributed by atoms with Gasteiger partial charge in [-0.25, -0.2) is 4.98 Å². The Morgan fingerprint density at radius 1 is 1.30 bits per heavy atom. The van der Waals surface area contributed by atoms with Gasteiger partial charge in [-0.2, -0.15) is 0 Å². The highest BCUT2D eigenvalue weighted by atomic mass is 79.9. The van der Waals surface area contributed by atoms with Crippen molar-refractivity contribution < 1.29 is 4.79 Å². The van der Waals surface area contributed by atoms with Gasteiger partial charge >= 0.3 is 0 Å². The van der Waals surface area contributed by atoms with Crippen LogP contribution in [0.1, 0.15) is 24.0 Å². The SMILES string of the molecule is Cc1cccc(CCCC(=O)Nc2ccc(Br)cn2)c1. The van der Waals surface area contributed by atoms with Gasteiger partial charge in [-0.1, -0.05) is 29.8 Å². The molecule has 1 aromatic carbocycles. The van der Waals surface area contributed by atoms with E-state index in [0.717, 1.165) is 17.3 Å². The van der Waals surface area contributed by atoms with Crippen molar-refractivity contribution in [2.75, 3.05) is 5.32 Å². The highest BCUT2D eigenvalue weighted by Crippen LogP contribution is 2.12. The van der Waals surface area contributed by atoms with Crippen LogP contribution in [0, 0.1) is 6.92 Å². The first-order valence-corrected chi connectivity index (χ1v) is 7.40. The molecule has 0 aliphatic rings. The molecular weight excluding hydrogens is 316 g/mol. The number of carbonyl (C=O) groups is 1. The molecule has 0 spiro atoms. The third-order valence-corrected chi connectivity index (χ3v) is 3.42. The van der Waals surface area contributed by atoms with Crippen LogP contribution in [0.5, 0.6) is 0 Å². The number of nitrogens with one attached hydrogen (secondary N) is 1. The third kappa shape index (κ3) is 4.78. The van der Waals surface area contributed by atoms with E-state index >= 15 is 0 Å². The Morgan fingerprint density at radius 2 is 2.15 bits per heavy atom. The number of aromatic nitrogens is 1. The zero-order valence-electron chi connectivity index (χ0n) is 11.4. The molecule has 0 unspecified atom stereocenters. The monoisotopic (exact) mass is 332 g/mol. The van der Waals surface area contributed by atoms with E-state index in [0.29, 0.717) is 12.2 Å². The van der Waals surface area contributed by atoms with Gasteiger partial charge in [0.2, 0.25) is 5.91 Å². The second kappa shape index (κ2) is 7.20. The molecule has 1 amide bonds. The fourth-order valence-electron chi connectivity index (χ4n) is 1.98. The smallest absolute Gasteiger partial charge is 0.225 e. The molecule has 2 aromatic rings. The second-order valence-corrected chi connectivity index (χ2v) is 5.67. The summed E-state index contributed by atoms with van der Waals surface area (Å²) in [5, 5.41) is 2.80. The summed E-state index contributed by atoms with van der Waals surface area (Å²) in [6, 6.07) is 12.0. The summed E-state index contributed by atoms with van der Waals surface area (Å²) in [5.41, 5.74) is 2.53. The van der Waals surface area contributed by atoms with Crippen LogP contribution in [0.25, 0.3) is 0 Å². The summed E-state index contributed by atoms with van der Waals surface area (Å²) in [4.78, 5) is 15.9. The number of aryl methyl sites for hydroxylation is 2. The van der Waals surface area contributed by atoms with Gasteiger partial charge in [-0.15, -0.1) is 0 Å². The highest BCUT2D eigenvalue weighted by molar-refractivity contribution is 9.10. The first-order valence-electron chi connectivity index (χ1n) is 6.60. The fourth-order valence-corrected chi connectivity index (χ4v) is 2.21. The molecule has 0 radical (unpaired) electrons. The average molecular weight is 333 g/mol. The van der Waals surface area contributed by atoms with Crippen molar-refractivity contribution in [1.82, 2.24) is 4.98 Å². The van der Waals surface area contributed by atoms with E-state index in [1.807, 2.05) is 6.07 Å². The van der Waals surface area contributed by atoms with Gasteiger partial charge in [-0.05, 0) is 53.4 Å². The Labute approximate surface area is 127 Å². The van der Waals surface area contributed by atoms with Crippen LogP contribution < -0.4 is 5.32 Å². The average Bonchev–Trinajstić information content (AvgIpc) is 2.41. The molecular formula is C16H17BrN2O. The highest BCUT2D eigenvalue weighted by Gasteiger charge is 2.03. The Bertz CT molecular complexity index is 581. The molecule has 0 aliphatic carbocycles. The number of rotatable bonds is 5. The van der Waals surface area contributed by atoms with Crippen molar-refractivity contribution >= 4 is 27.7 Å². The maximum Gasteiger partial charge on any atom is 0.225 e. The lowest BCUT2D eigenvalue weighted by molar-refractivity contribution is -0.116. The van der Waals surface area contributed by atoms with Gasteiger partial charge < -0.3 is 5.32 Å². The van der Waals surface area contributed by atoms with E-state index in [-0.39, 0.29) is 5.91 Å². The largest absolute Gasteiger partial charge is 0.311 e. The van der Waals surface area contributed by atoms with Gasteiger partial charge in [0.25, 0.3) is 0 Å². The number of pyridine rings is 1. The number of benzene rings is 1. The van der Waals surface area contributed by atoms with E-state index in [1.165, 1.54) is 11.1 Å². The summed E-state index contributed by atoms with van der Waals surface area (Å²) in [6.07, 6.45) is 3.93. The Kier molecular flexibility index (Phi) is 5.30. The molecule has 20 heavy (non-hydrogen) atoms. The van der Waals surface area contributed by atoms with Crippen LogP contribution in [0.15, 0.2) is 47.1 Å². The van der Waals surface area contributed by atoms with Gasteiger partial charge in [0, 0.05) is 17.1 Å². The van der Waals surface area contributed by atoms with Gasteiger partial charge in [0.15, 0.2) is 0 Å². The molecule has 0 fully saturated rings. The van der Waals surface area contributed by atoms with Crippen molar-refractivity contribution in [3.63, 3.8) is 0 Å². The number of hydrogen-bond acceptors (Lipinski definition) is 2. The maximum absolute atomic E-state index is 11.8. The Morgan fingerprint density at radius 3 is 2.85 bits per heavy atom. The lowest BCUT2D eigenvalue weighted by Crippen LogP contribution is -2.12. The van der Waals surface area contributed by atoms with Crippen LogP contribution in [0.4, 0.5) is 5.82 Å². The summed E-state index contributed by atoms with van der Waals surface area (Å²) < 4.78 is 0.898. The van der Waals surface area contributed by atoms with E-state index in [4.69, 9.17) is 0 Å². The second-order valence-electron chi connectivity index (χ2n) is 4.75. The van der Waals surface area contributed by atoms with Gasteiger partial charge in [0.1, 0.15) is 5.82 Å². The van der Waals surface area contributed by atoms with E-state index in [9.17, 15) is 4.79 Å². The molecule has 1 N–H and O–H groups in total. The molecule has 0 bridgehead atoms. The van der Waals surface area contributed by atoms with Crippen LogP contribution in [-0.2, 0) is 11.2 Å². The van der Waals surface area contributed by atoms with Crippen molar-refractivity contribution in [3.8, 4) is 0 Å². The molecule has 104 valence electrons. The number of hydrogen-bond donors (Lipinski definition) is 1. The van der Waals surface area contributed by atoms with Crippen LogP contribution in [-0.4, -0.2) is 10.9 Å². The molecule has 0 saturated heterocycles. The number of anilines is 1. The van der Waals surface area contributed by atoms with E-state index in [1.54, 1.807) is 12.3 Å².